The predicted molar refractivity (Wildman–Crippen MR) is 39.5 cm³/mol. The first-order valence-electron chi connectivity index (χ1n) is 3.02. The molecule has 0 bridgehead atoms. The Morgan fingerprint density at radius 2 is 2.22 bits per heavy atom. The van der Waals surface area contributed by atoms with Gasteiger partial charge in [0.15, 0.2) is 0 Å². The van der Waals surface area contributed by atoms with E-state index < -0.39 is 0 Å². The minimum Gasteiger partial charge on any atom is -0.298 e. The highest BCUT2D eigenvalue weighted by molar-refractivity contribution is 6.30. The molecule has 0 amide bonds. The van der Waals surface area contributed by atoms with E-state index in [0.717, 1.165) is 24.7 Å². The molecule has 9 heavy (non-hydrogen) atoms. The Kier molecular flexibility index (Phi) is 4.41. The second kappa shape index (κ2) is 4.57. The summed E-state index contributed by atoms with van der Waals surface area (Å²) in [6.07, 6.45) is 2.59. The number of hydrogen-bond donors (Lipinski definition) is 0. The van der Waals surface area contributed by atoms with Gasteiger partial charge in [0.25, 0.3) is 0 Å². The van der Waals surface area contributed by atoms with Gasteiger partial charge in [0.2, 0.25) is 0 Å². The molecule has 0 saturated heterocycles. The van der Waals surface area contributed by atoms with Gasteiger partial charge < -0.3 is 0 Å². The average molecular weight is 147 g/mol. The maximum atomic E-state index is 10.2. The van der Waals surface area contributed by atoms with Crippen LogP contribution in [0.25, 0.3) is 0 Å². The molecule has 0 aromatic heterocycles. The zero-order valence-corrected chi connectivity index (χ0v) is 6.53. The van der Waals surface area contributed by atoms with E-state index in [1.54, 1.807) is 6.92 Å². The molecule has 0 spiro atoms. The smallest absolute Gasteiger partial charge is 0.147 e. The lowest BCUT2D eigenvalue weighted by Gasteiger charge is -1.94. The highest BCUT2D eigenvalue weighted by atomic mass is 35.5. The Morgan fingerprint density at radius 3 is 2.33 bits per heavy atom. The molecule has 0 unspecified atom stereocenters. The van der Waals surface area contributed by atoms with Crippen LogP contribution in [0.2, 0.25) is 0 Å². The molecule has 0 N–H and O–H groups in total. The third kappa shape index (κ3) is 3.31. The van der Waals surface area contributed by atoms with Crippen LogP contribution >= 0.6 is 11.6 Å². The van der Waals surface area contributed by atoms with Gasteiger partial charge in [0.1, 0.15) is 6.29 Å². The highest BCUT2D eigenvalue weighted by Gasteiger charge is 1.95. The molecule has 0 saturated carbocycles. The number of rotatable bonds is 3. The van der Waals surface area contributed by atoms with Crippen LogP contribution in [-0.2, 0) is 4.79 Å². The minimum absolute atomic E-state index is 0.617. The minimum atomic E-state index is 0.617. The second-order valence-electron chi connectivity index (χ2n) is 1.93. The first kappa shape index (κ1) is 8.70. The van der Waals surface area contributed by atoms with Crippen LogP contribution in [-0.4, -0.2) is 6.29 Å². The summed E-state index contributed by atoms with van der Waals surface area (Å²) >= 11 is 5.57. The molecule has 0 aromatic rings. The van der Waals surface area contributed by atoms with Gasteiger partial charge in [0.05, 0.1) is 0 Å². The van der Waals surface area contributed by atoms with Crippen LogP contribution in [0.3, 0.4) is 0 Å². The van der Waals surface area contributed by atoms with E-state index in [1.807, 2.05) is 6.92 Å². The first-order chi connectivity index (χ1) is 4.22. The van der Waals surface area contributed by atoms with E-state index in [-0.39, 0.29) is 0 Å². The zero-order chi connectivity index (χ0) is 7.28. The van der Waals surface area contributed by atoms with Gasteiger partial charge >= 0.3 is 0 Å². The molecule has 0 heterocycles. The Balaban J connectivity index is 3.98. The van der Waals surface area contributed by atoms with Crippen molar-refractivity contribution < 1.29 is 4.79 Å². The summed E-state index contributed by atoms with van der Waals surface area (Å²) in [4.78, 5) is 10.2. The number of halogens is 1. The molecule has 52 valence electrons. The summed E-state index contributed by atoms with van der Waals surface area (Å²) in [5, 5.41) is 0.617. The van der Waals surface area contributed by atoms with Crippen molar-refractivity contribution in [1.29, 1.82) is 0 Å². The summed E-state index contributed by atoms with van der Waals surface area (Å²) < 4.78 is 0. The van der Waals surface area contributed by atoms with Crippen LogP contribution < -0.4 is 0 Å². The standard InChI is InChI=1S/C7H11ClO/c1-3-4-7(5-9)6(2)8/h5H,3-4H2,1-2H3/b7-6+. The van der Waals surface area contributed by atoms with Crippen LogP contribution in [0, 0.1) is 0 Å². The van der Waals surface area contributed by atoms with Crippen molar-refractivity contribution in [2.45, 2.75) is 26.7 Å². The van der Waals surface area contributed by atoms with Crippen molar-refractivity contribution in [2.75, 3.05) is 0 Å². The molecule has 0 atom stereocenters. The summed E-state index contributed by atoms with van der Waals surface area (Å²) in [6, 6.07) is 0. The van der Waals surface area contributed by atoms with Crippen LogP contribution in [0.1, 0.15) is 26.7 Å². The maximum absolute atomic E-state index is 10.2. The largest absolute Gasteiger partial charge is 0.298 e. The van der Waals surface area contributed by atoms with E-state index in [9.17, 15) is 4.79 Å². The van der Waals surface area contributed by atoms with Crippen molar-refractivity contribution in [2.24, 2.45) is 0 Å². The summed E-state index contributed by atoms with van der Waals surface area (Å²) in [6.45, 7) is 3.75. The topological polar surface area (TPSA) is 17.1 Å². The van der Waals surface area contributed by atoms with Gasteiger partial charge in [-0.1, -0.05) is 24.9 Å². The summed E-state index contributed by atoms with van der Waals surface area (Å²) in [5.74, 6) is 0. The number of aldehydes is 1. The molecular weight excluding hydrogens is 136 g/mol. The third-order valence-electron chi connectivity index (χ3n) is 1.10. The van der Waals surface area contributed by atoms with E-state index in [0.29, 0.717) is 5.03 Å². The van der Waals surface area contributed by atoms with Crippen molar-refractivity contribution in [3.8, 4) is 0 Å². The Labute approximate surface area is 60.7 Å². The summed E-state index contributed by atoms with van der Waals surface area (Å²) in [7, 11) is 0. The molecule has 0 radical (unpaired) electrons. The van der Waals surface area contributed by atoms with E-state index in [2.05, 4.69) is 0 Å². The predicted octanol–water partition coefficient (Wildman–Crippen LogP) is 2.50. The van der Waals surface area contributed by atoms with Gasteiger partial charge in [-0.3, -0.25) is 4.79 Å². The Bertz CT molecular complexity index is 123. The molecular formula is C7H11ClO. The number of carbonyl (C=O) groups is 1. The second-order valence-corrected chi connectivity index (χ2v) is 2.49. The van der Waals surface area contributed by atoms with Gasteiger partial charge in [-0.2, -0.15) is 0 Å². The molecule has 0 rings (SSSR count). The molecule has 1 nitrogen and oxygen atoms in total. The van der Waals surface area contributed by atoms with Crippen molar-refractivity contribution >= 4 is 17.9 Å². The number of hydrogen-bond acceptors (Lipinski definition) is 1. The van der Waals surface area contributed by atoms with Crippen molar-refractivity contribution in [3.05, 3.63) is 10.6 Å². The van der Waals surface area contributed by atoms with Gasteiger partial charge in [-0.25, -0.2) is 0 Å². The summed E-state index contributed by atoms with van der Waals surface area (Å²) in [5.41, 5.74) is 0.721. The fourth-order valence-corrected chi connectivity index (χ4v) is 0.721. The Morgan fingerprint density at radius 1 is 1.67 bits per heavy atom. The lowest BCUT2D eigenvalue weighted by atomic mass is 10.2. The van der Waals surface area contributed by atoms with E-state index >= 15 is 0 Å². The molecule has 0 aliphatic rings. The van der Waals surface area contributed by atoms with E-state index in [4.69, 9.17) is 11.6 Å². The quantitative estimate of drug-likeness (QED) is 0.442. The molecule has 0 aromatic carbocycles. The highest BCUT2D eigenvalue weighted by Crippen LogP contribution is 2.10. The van der Waals surface area contributed by atoms with Crippen molar-refractivity contribution in [3.63, 3.8) is 0 Å². The average Bonchev–Trinajstić information content (AvgIpc) is 1.82. The van der Waals surface area contributed by atoms with Crippen LogP contribution in [0.15, 0.2) is 10.6 Å². The van der Waals surface area contributed by atoms with Crippen molar-refractivity contribution in [1.82, 2.24) is 0 Å². The van der Waals surface area contributed by atoms with Gasteiger partial charge in [-0.05, 0) is 13.3 Å². The SMILES string of the molecule is CCC/C(C=O)=C(/C)Cl. The number of carbonyl (C=O) groups excluding carboxylic acids is 1. The van der Waals surface area contributed by atoms with Gasteiger partial charge in [0, 0.05) is 10.6 Å². The maximum Gasteiger partial charge on any atom is 0.147 e. The normalized spacial score (nSPS) is 12.8. The Hall–Kier alpha value is -0.300. The van der Waals surface area contributed by atoms with Crippen LogP contribution in [0.5, 0.6) is 0 Å². The van der Waals surface area contributed by atoms with E-state index in [1.165, 1.54) is 0 Å². The lowest BCUT2D eigenvalue weighted by Crippen LogP contribution is -1.84. The molecule has 2 heteroatoms. The monoisotopic (exact) mass is 146 g/mol. The molecule has 0 aliphatic carbocycles. The number of allylic oxidation sites excluding steroid dienone is 2. The first-order valence-corrected chi connectivity index (χ1v) is 3.40. The third-order valence-corrected chi connectivity index (χ3v) is 1.35. The fourth-order valence-electron chi connectivity index (χ4n) is 0.582. The lowest BCUT2D eigenvalue weighted by molar-refractivity contribution is -0.105. The van der Waals surface area contributed by atoms with Gasteiger partial charge in [-0.15, -0.1) is 0 Å². The molecule has 0 aliphatic heterocycles. The molecule has 0 fully saturated rings. The van der Waals surface area contributed by atoms with Crippen LogP contribution in [0.4, 0.5) is 0 Å². The fraction of sp³-hybridized carbons (Fsp3) is 0.571. The zero-order valence-electron chi connectivity index (χ0n) is 5.78.